The minimum absolute atomic E-state index is 0.0555. The van der Waals surface area contributed by atoms with Crippen molar-refractivity contribution in [2.45, 2.75) is 0 Å². The summed E-state index contributed by atoms with van der Waals surface area (Å²) in [7, 11) is 0. The maximum Gasteiger partial charge on any atom is 0.259 e. The summed E-state index contributed by atoms with van der Waals surface area (Å²) in [6, 6.07) is 9.60. The van der Waals surface area contributed by atoms with Crippen LogP contribution in [0.15, 0.2) is 41.2 Å². The molecule has 2 aromatic carbocycles. The van der Waals surface area contributed by atoms with E-state index < -0.39 is 5.82 Å². The number of aromatic nitrogens is 2. The number of para-hydroxylation sites is 1. The fraction of sp³-hybridized carbons (Fsp3) is 0.0667. The van der Waals surface area contributed by atoms with Gasteiger partial charge in [-0.25, -0.2) is 9.37 Å². The van der Waals surface area contributed by atoms with E-state index in [-0.39, 0.29) is 23.7 Å². The van der Waals surface area contributed by atoms with Gasteiger partial charge in [0.2, 0.25) is 6.79 Å². The Hall–Kier alpha value is -2.89. The van der Waals surface area contributed by atoms with E-state index in [1.54, 1.807) is 24.3 Å². The van der Waals surface area contributed by atoms with Gasteiger partial charge in [-0.3, -0.25) is 4.79 Å². The van der Waals surface area contributed by atoms with Gasteiger partial charge in [-0.15, -0.1) is 0 Å². The normalized spacial score (nSPS) is 12.8. The zero-order valence-corrected chi connectivity index (χ0v) is 10.7. The molecule has 2 heterocycles. The molecule has 0 saturated carbocycles. The van der Waals surface area contributed by atoms with Crippen LogP contribution in [0.4, 0.5) is 4.39 Å². The van der Waals surface area contributed by atoms with E-state index in [0.29, 0.717) is 22.4 Å². The molecular weight excluding hydrogens is 275 g/mol. The number of rotatable bonds is 1. The third-order valence-electron chi connectivity index (χ3n) is 3.33. The zero-order chi connectivity index (χ0) is 14.4. The second kappa shape index (κ2) is 4.31. The zero-order valence-electron chi connectivity index (χ0n) is 10.7. The summed E-state index contributed by atoms with van der Waals surface area (Å²) < 4.78 is 24.5. The van der Waals surface area contributed by atoms with Gasteiger partial charge in [0, 0.05) is 6.07 Å². The number of hydrogen-bond acceptors (Lipinski definition) is 4. The highest BCUT2D eigenvalue weighted by Gasteiger charge is 2.19. The summed E-state index contributed by atoms with van der Waals surface area (Å²) in [6.07, 6.45) is 0. The molecule has 1 N–H and O–H groups in total. The summed E-state index contributed by atoms with van der Waals surface area (Å²) in [5.74, 6) is 0.411. The van der Waals surface area contributed by atoms with Gasteiger partial charge in [0.15, 0.2) is 11.5 Å². The number of H-pyrrole nitrogens is 1. The van der Waals surface area contributed by atoms with Gasteiger partial charge < -0.3 is 14.5 Å². The van der Waals surface area contributed by atoms with Crippen molar-refractivity contribution >= 4 is 10.9 Å². The average Bonchev–Trinajstić information content (AvgIpc) is 2.93. The van der Waals surface area contributed by atoms with Crippen LogP contribution in [-0.2, 0) is 0 Å². The van der Waals surface area contributed by atoms with Crippen molar-refractivity contribution in [3.63, 3.8) is 0 Å². The Kier molecular flexibility index (Phi) is 2.44. The minimum Gasteiger partial charge on any atom is -0.454 e. The SMILES string of the molecule is O=c1[nH]c(-c2cc3c(cc2F)OCO3)nc2ccccc12. The largest absolute Gasteiger partial charge is 0.454 e. The number of nitrogens with zero attached hydrogens (tertiary/aromatic N) is 1. The third-order valence-corrected chi connectivity index (χ3v) is 3.33. The molecule has 1 aliphatic rings. The smallest absolute Gasteiger partial charge is 0.259 e. The Morgan fingerprint density at radius 2 is 1.90 bits per heavy atom. The molecule has 6 heteroatoms. The van der Waals surface area contributed by atoms with Gasteiger partial charge in [-0.2, -0.15) is 0 Å². The second-order valence-electron chi connectivity index (χ2n) is 4.62. The highest BCUT2D eigenvalue weighted by molar-refractivity contribution is 5.79. The summed E-state index contributed by atoms with van der Waals surface area (Å²) in [6.45, 7) is 0.0555. The number of nitrogens with one attached hydrogen (secondary N) is 1. The molecule has 104 valence electrons. The van der Waals surface area contributed by atoms with E-state index in [1.807, 2.05) is 0 Å². The fourth-order valence-corrected chi connectivity index (χ4v) is 2.31. The number of aromatic amines is 1. The highest BCUT2D eigenvalue weighted by Crippen LogP contribution is 2.37. The van der Waals surface area contributed by atoms with Crippen molar-refractivity contribution in [2.24, 2.45) is 0 Å². The summed E-state index contributed by atoms with van der Waals surface area (Å²) in [5, 5.41) is 0.461. The number of halogens is 1. The van der Waals surface area contributed by atoms with Crippen LogP contribution in [0, 0.1) is 5.82 Å². The summed E-state index contributed by atoms with van der Waals surface area (Å²) >= 11 is 0. The Morgan fingerprint density at radius 3 is 2.76 bits per heavy atom. The van der Waals surface area contributed by atoms with E-state index in [0.717, 1.165) is 0 Å². The summed E-state index contributed by atoms with van der Waals surface area (Å²) in [4.78, 5) is 18.9. The molecule has 0 saturated heterocycles. The fourth-order valence-electron chi connectivity index (χ4n) is 2.31. The van der Waals surface area contributed by atoms with Gasteiger partial charge in [0.25, 0.3) is 5.56 Å². The molecule has 3 aromatic rings. The maximum absolute atomic E-state index is 14.2. The second-order valence-corrected chi connectivity index (χ2v) is 4.62. The van der Waals surface area contributed by atoms with Gasteiger partial charge in [-0.05, 0) is 18.2 Å². The lowest BCUT2D eigenvalue weighted by Crippen LogP contribution is -2.09. The van der Waals surface area contributed by atoms with Crippen molar-refractivity contribution in [1.29, 1.82) is 0 Å². The van der Waals surface area contributed by atoms with Crippen LogP contribution in [-0.4, -0.2) is 16.8 Å². The molecule has 0 amide bonds. The lowest BCUT2D eigenvalue weighted by Gasteiger charge is -2.06. The van der Waals surface area contributed by atoms with Crippen molar-refractivity contribution in [3.05, 3.63) is 52.6 Å². The molecule has 5 nitrogen and oxygen atoms in total. The van der Waals surface area contributed by atoms with Gasteiger partial charge >= 0.3 is 0 Å². The monoisotopic (exact) mass is 284 g/mol. The highest BCUT2D eigenvalue weighted by atomic mass is 19.1. The average molecular weight is 284 g/mol. The van der Waals surface area contributed by atoms with Crippen molar-refractivity contribution in [1.82, 2.24) is 9.97 Å². The van der Waals surface area contributed by atoms with E-state index in [1.165, 1.54) is 12.1 Å². The molecule has 0 spiro atoms. The van der Waals surface area contributed by atoms with Gasteiger partial charge in [-0.1, -0.05) is 12.1 Å². The van der Waals surface area contributed by atoms with Crippen molar-refractivity contribution in [2.75, 3.05) is 6.79 Å². The van der Waals surface area contributed by atoms with Crippen molar-refractivity contribution < 1.29 is 13.9 Å². The van der Waals surface area contributed by atoms with Crippen LogP contribution in [0.1, 0.15) is 0 Å². The number of hydrogen-bond donors (Lipinski definition) is 1. The van der Waals surface area contributed by atoms with E-state index >= 15 is 0 Å². The lowest BCUT2D eigenvalue weighted by molar-refractivity contribution is 0.174. The predicted octanol–water partition coefficient (Wildman–Crippen LogP) is 2.46. The van der Waals surface area contributed by atoms with Crippen LogP contribution in [0.3, 0.4) is 0 Å². The molecule has 1 aliphatic heterocycles. The van der Waals surface area contributed by atoms with Gasteiger partial charge in [0.05, 0.1) is 16.5 Å². The first kappa shape index (κ1) is 11.9. The van der Waals surface area contributed by atoms with Crippen LogP contribution in [0.5, 0.6) is 11.5 Å². The Balaban J connectivity index is 1.97. The molecule has 0 bridgehead atoms. The van der Waals surface area contributed by atoms with E-state index in [9.17, 15) is 9.18 Å². The van der Waals surface area contributed by atoms with E-state index in [4.69, 9.17) is 9.47 Å². The Labute approximate surface area is 118 Å². The molecule has 0 radical (unpaired) electrons. The molecule has 1 aromatic heterocycles. The van der Waals surface area contributed by atoms with Crippen LogP contribution in [0.25, 0.3) is 22.3 Å². The summed E-state index contributed by atoms with van der Waals surface area (Å²) in [5.41, 5.74) is 0.364. The number of benzene rings is 2. The minimum atomic E-state index is -0.530. The standard InChI is InChI=1S/C15H9FN2O3/c16-10-6-13-12(20-7-21-13)5-9(10)14-17-11-4-2-1-3-8(11)15(19)18-14/h1-6H,7H2,(H,17,18,19). The molecule has 0 unspecified atom stereocenters. The molecule has 21 heavy (non-hydrogen) atoms. The molecular formula is C15H9FN2O3. The van der Waals surface area contributed by atoms with Gasteiger partial charge in [0.1, 0.15) is 11.6 Å². The first-order chi connectivity index (χ1) is 10.2. The van der Waals surface area contributed by atoms with Crippen molar-refractivity contribution in [3.8, 4) is 22.9 Å². The third kappa shape index (κ3) is 1.84. The van der Waals surface area contributed by atoms with E-state index in [2.05, 4.69) is 9.97 Å². The topological polar surface area (TPSA) is 64.2 Å². The number of ether oxygens (including phenoxy) is 2. The van der Waals surface area contributed by atoms with Crippen LogP contribution in [0.2, 0.25) is 0 Å². The lowest BCUT2D eigenvalue weighted by atomic mass is 10.1. The first-order valence-electron chi connectivity index (χ1n) is 6.31. The Morgan fingerprint density at radius 1 is 1.14 bits per heavy atom. The maximum atomic E-state index is 14.2. The number of fused-ring (bicyclic) bond motifs is 2. The molecule has 0 aliphatic carbocycles. The first-order valence-corrected chi connectivity index (χ1v) is 6.31. The molecule has 0 fully saturated rings. The quantitative estimate of drug-likeness (QED) is 0.745. The Bertz CT molecular complexity index is 920. The molecule has 4 rings (SSSR count). The predicted molar refractivity (Wildman–Crippen MR) is 73.9 cm³/mol. The molecule has 0 atom stereocenters. The van der Waals surface area contributed by atoms with Crippen LogP contribution >= 0.6 is 0 Å². The van der Waals surface area contributed by atoms with Crippen LogP contribution < -0.4 is 15.0 Å².